The van der Waals surface area contributed by atoms with E-state index < -0.39 is 12.0 Å². The lowest BCUT2D eigenvalue weighted by molar-refractivity contribution is -0.141. The van der Waals surface area contributed by atoms with Crippen LogP contribution in [0.5, 0.6) is 0 Å². The van der Waals surface area contributed by atoms with E-state index in [0.29, 0.717) is 19.3 Å². The van der Waals surface area contributed by atoms with Crippen LogP contribution in [0.1, 0.15) is 30.9 Å². The fraction of sp³-hybridized carbons (Fsp3) is 0.417. The minimum absolute atomic E-state index is 0.0243. The molecule has 0 saturated carbocycles. The zero-order chi connectivity index (χ0) is 12.3. The second-order valence-electron chi connectivity index (χ2n) is 4.18. The molecule has 5 nitrogen and oxygen atoms in total. The van der Waals surface area contributed by atoms with Crippen LogP contribution in [0.25, 0.3) is 0 Å². The number of rotatable bonds is 2. The van der Waals surface area contributed by atoms with Gasteiger partial charge in [-0.2, -0.15) is 0 Å². The van der Waals surface area contributed by atoms with Gasteiger partial charge in [-0.3, -0.25) is 9.78 Å². The molecule has 2 heterocycles. The van der Waals surface area contributed by atoms with E-state index in [9.17, 15) is 9.59 Å². The van der Waals surface area contributed by atoms with Gasteiger partial charge < -0.3 is 10.4 Å². The molecule has 0 bridgehead atoms. The number of pyridine rings is 1. The minimum atomic E-state index is -0.985. The van der Waals surface area contributed by atoms with E-state index in [1.807, 2.05) is 18.2 Å². The van der Waals surface area contributed by atoms with E-state index in [2.05, 4.69) is 10.3 Å². The van der Waals surface area contributed by atoms with Crippen LogP contribution in [-0.2, 0) is 9.59 Å². The Morgan fingerprint density at radius 1 is 1.47 bits per heavy atom. The maximum atomic E-state index is 11.4. The zero-order valence-electron chi connectivity index (χ0n) is 9.30. The maximum Gasteiger partial charge on any atom is 0.326 e. The van der Waals surface area contributed by atoms with Crippen molar-refractivity contribution in [1.82, 2.24) is 10.3 Å². The molecule has 0 spiro atoms. The third-order valence-electron chi connectivity index (χ3n) is 2.98. The van der Waals surface area contributed by atoms with Crippen molar-refractivity contribution >= 4 is 11.9 Å². The van der Waals surface area contributed by atoms with E-state index in [-0.39, 0.29) is 11.8 Å². The van der Waals surface area contributed by atoms with Crippen molar-refractivity contribution in [3.63, 3.8) is 0 Å². The Balaban J connectivity index is 2.18. The lowest BCUT2D eigenvalue weighted by Crippen LogP contribution is -2.39. The number of amides is 1. The van der Waals surface area contributed by atoms with Gasteiger partial charge in [-0.05, 0) is 25.0 Å². The first-order valence-corrected chi connectivity index (χ1v) is 5.60. The number of hydrogen-bond acceptors (Lipinski definition) is 3. The molecular formula is C12H14N2O3. The number of carbonyl (C=O) groups excluding carboxylic acids is 1. The monoisotopic (exact) mass is 234 g/mol. The topological polar surface area (TPSA) is 79.3 Å². The SMILES string of the molecule is O=C1CCC(c2ccccn2)CC(C(=O)O)N1. The van der Waals surface area contributed by atoms with Gasteiger partial charge in [0.25, 0.3) is 0 Å². The first kappa shape index (κ1) is 11.6. The Kier molecular flexibility index (Phi) is 3.37. The molecule has 1 aliphatic rings. The summed E-state index contributed by atoms with van der Waals surface area (Å²) in [6.07, 6.45) is 3.08. The highest BCUT2D eigenvalue weighted by molar-refractivity contribution is 5.84. The Bertz CT molecular complexity index is 419. The molecule has 90 valence electrons. The quantitative estimate of drug-likeness (QED) is 0.797. The molecule has 1 aliphatic heterocycles. The van der Waals surface area contributed by atoms with Crippen LogP contribution in [0.15, 0.2) is 24.4 Å². The van der Waals surface area contributed by atoms with Crippen LogP contribution >= 0.6 is 0 Å². The molecule has 0 aromatic carbocycles. The highest BCUT2D eigenvalue weighted by Crippen LogP contribution is 2.27. The summed E-state index contributed by atoms with van der Waals surface area (Å²) < 4.78 is 0. The van der Waals surface area contributed by atoms with Crippen molar-refractivity contribution in [2.45, 2.75) is 31.2 Å². The fourth-order valence-electron chi connectivity index (χ4n) is 2.08. The van der Waals surface area contributed by atoms with Gasteiger partial charge >= 0.3 is 5.97 Å². The van der Waals surface area contributed by atoms with Gasteiger partial charge in [-0.25, -0.2) is 4.79 Å². The number of carboxylic acid groups (broad SMARTS) is 1. The molecule has 17 heavy (non-hydrogen) atoms. The smallest absolute Gasteiger partial charge is 0.326 e. The van der Waals surface area contributed by atoms with Gasteiger partial charge in [0.1, 0.15) is 6.04 Å². The van der Waals surface area contributed by atoms with Crippen molar-refractivity contribution in [3.05, 3.63) is 30.1 Å². The third-order valence-corrected chi connectivity index (χ3v) is 2.98. The van der Waals surface area contributed by atoms with Crippen LogP contribution in [-0.4, -0.2) is 28.0 Å². The molecule has 1 aromatic heterocycles. The molecule has 0 radical (unpaired) electrons. The minimum Gasteiger partial charge on any atom is -0.480 e. The largest absolute Gasteiger partial charge is 0.480 e. The average Bonchev–Trinajstić information content (AvgIpc) is 2.52. The second kappa shape index (κ2) is 4.95. The maximum absolute atomic E-state index is 11.4. The number of aromatic nitrogens is 1. The molecule has 5 heteroatoms. The molecule has 1 fully saturated rings. The predicted molar refractivity (Wildman–Crippen MR) is 60.4 cm³/mol. The second-order valence-corrected chi connectivity index (χ2v) is 4.18. The Hall–Kier alpha value is -1.91. The Labute approximate surface area is 98.9 Å². The van der Waals surface area contributed by atoms with E-state index in [1.165, 1.54) is 0 Å². The molecule has 2 rings (SSSR count). The summed E-state index contributed by atoms with van der Waals surface area (Å²) in [6.45, 7) is 0. The van der Waals surface area contributed by atoms with E-state index in [0.717, 1.165) is 5.69 Å². The predicted octanol–water partition coefficient (Wildman–Crippen LogP) is 0.918. The Morgan fingerprint density at radius 3 is 2.94 bits per heavy atom. The fourth-order valence-corrected chi connectivity index (χ4v) is 2.08. The molecule has 0 aliphatic carbocycles. The van der Waals surface area contributed by atoms with Crippen molar-refractivity contribution in [2.75, 3.05) is 0 Å². The van der Waals surface area contributed by atoms with Crippen molar-refractivity contribution in [3.8, 4) is 0 Å². The summed E-state index contributed by atoms with van der Waals surface area (Å²) in [4.78, 5) is 26.6. The molecule has 1 aromatic rings. The highest BCUT2D eigenvalue weighted by atomic mass is 16.4. The molecule has 2 atom stereocenters. The van der Waals surface area contributed by atoms with E-state index in [1.54, 1.807) is 6.20 Å². The molecule has 2 unspecified atom stereocenters. The van der Waals surface area contributed by atoms with Gasteiger partial charge in [0.2, 0.25) is 5.91 Å². The number of carbonyl (C=O) groups is 2. The van der Waals surface area contributed by atoms with Crippen molar-refractivity contribution in [2.24, 2.45) is 0 Å². The lowest BCUT2D eigenvalue weighted by atomic mass is 9.93. The van der Waals surface area contributed by atoms with E-state index in [4.69, 9.17) is 5.11 Å². The van der Waals surface area contributed by atoms with Crippen LogP contribution in [0.3, 0.4) is 0 Å². The summed E-state index contributed by atoms with van der Waals surface area (Å²) in [7, 11) is 0. The summed E-state index contributed by atoms with van der Waals surface area (Å²) >= 11 is 0. The van der Waals surface area contributed by atoms with Gasteiger partial charge in [0.05, 0.1) is 0 Å². The lowest BCUT2D eigenvalue weighted by Gasteiger charge is -2.16. The highest BCUT2D eigenvalue weighted by Gasteiger charge is 2.29. The molecular weight excluding hydrogens is 220 g/mol. The molecule has 2 N–H and O–H groups in total. The van der Waals surface area contributed by atoms with Crippen LogP contribution in [0, 0.1) is 0 Å². The summed E-state index contributed by atoms with van der Waals surface area (Å²) in [5.74, 6) is -1.16. The summed E-state index contributed by atoms with van der Waals surface area (Å²) in [5.41, 5.74) is 0.857. The first-order valence-electron chi connectivity index (χ1n) is 5.60. The van der Waals surface area contributed by atoms with Crippen LogP contribution in [0.4, 0.5) is 0 Å². The average molecular weight is 234 g/mol. The number of nitrogens with one attached hydrogen (secondary N) is 1. The standard InChI is InChI=1S/C12H14N2O3/c15-11-5-4-8(7-10(14-11)12(16)17)9-3-1-2-6-13-9/h1-3,6,8,10H,4-5,7H2,(H,14,15)(H,16,17). The number of hydrogen-bond donors (Lipinski definition) is 2. The Morgan fingerprint density at radius 2 is 2.29 bits per heavy atom. The summed E-state index contributed by atoms with van der Waals surface area (Å²) in [5, 5.41) is 11.5. The van der Waals surface area contributed by atoms with Gasteiger partial charge in [-0.1, -0.05) is 6.07 Å². The van der Waals surface area contributed by atoms with Gasteiger partial charge in [-0.15, -0.1) is 0 Å². The number of nitrogens with zero attached hydrogens (tertiary/aromatic N) is 1. The number of aliphatic carboxylic acids is 1. The van der Waals surface area contributed by atoms with Gasteiger partial charge in [0, 0.05) is 24.2 Å². The molecule has 1 saturated heterocycles. The van der Waals surface area contributed by atoms with Crippen LogP contribution < -0.4 is 5.32 Å². The normalized spacial score (nSPS) is 24.8. The van der Waals surface area contributed by atoms with Crippen LogP contribution in [0.2, 0.25) is 0 Å². The van der Waals surface area contributed by atoms with Gasteiger partial charge in [0.15, 0.2) is 0 Å². The first-order chi connectivity index (χ1) is 8.16. The third kappa shape index (κ3) is 2.81. The number of carboxylic acids is 1. The van der Waals surface area contributed by atoms with Crippen molar-refractivity contribution < 1.29 is 14.7 Å². The summed E-state index contributed by atoms with van der Waals surface area (Å²) in [6, 6.07) is 4.76. The molecule has 1 amide bonds. The van der Waals surface area contributed by atoms with Crippen molar-refractivity contribution in [1.29, 1.82) is 0 Å². The zero-order valence-corrected chi connectivity index (χ0v) is 9.30. The van der Waals surface area contributed by atoms with E-state index >= 15 is 0 Å².